The summed E-state index contributed by atoms with van der Waals surface area (Å²) in [5.74, 6) is -0.420. The van der Waals surface area contributed by atoms with Crippen molar-refractivity contribution in [1.82, 2.24) is 5.32 Å². The summed E-state index contributed by atoms with van der Waals surface area (Å²) < 4.78 is 52.3. The minimum atomic E-state index is -4.88. The highest BCUT2D eigenvalue weighted by atomic mass is 19.4. The molecule has 0 atom stereocenters. The zero-order valence-electron chi connectivity index (χ0n) is 17.8. The average Bonchev–Trinajstić information content (AvgIpc) is 2.78. The molecule has 3 amide bonds. The molecule has 3 aromatic rings. The van der Waals surface area contributed by atoms with Crippen molar-refractivity contribution < 1.29 is 37.0 Å². The molecule has 0 aliphatic carbocycles. The monoisotopic (exact) mass is 475 g/mol. The molecule has 0 radical (unpaired) electrons. The highest BCUT2D eigenvalue weighted by Crippen LogP contribution is 2.32. The van der Waals surface area contributed by atoms with E-state index in [0.29, 0.717) is 11.3 Å². The number of nitrogens with two attached hydrogens (primary N) is 1. The maximum absolute atomic E-state index is 12.5. The minimum absolute atomic E-state index is 0.00179. The Morgan fingerprint density at radius 1 is 0.941 bits per heavy atom. The van der Waals surface area contributed by atoms with Gasteiger partial charge >= 0.3 is 12.4 Å². The molecule has 0 fully saturated rings. The number of carbonyl (C=O) groups excluding carboxylic acids is 2. The number of amides is 3. The van der Waals surface area contributed by atoms with Crippen molar-refractivity contribution in [3.05, 3.63) is 77.9 Å². The van der Waals surface area contributed by atoms with Crippen molar-refractivity contribution in [2.24, 2.45) is 5.73 Å². The van der Waals surface area contributed by atoms with Crippen LogP contribution in [-0.4, -0.2) is 25.4 Å². The number of carbonyl (C=O) groups is 2. The number of nitrogens with one attached hydrogen (secondary N) is 2. The summed E-state index contributed by atoms with van der Waals surface area (Å²) in [6.45, 7) is 0.00179. The molecule has 0 saturated heterocycles. The average molecular weight is 475 g/mol. The fraction of sp³-hybridized carbons (Fsp3) is 0.130. The predicted octanol–water partition coefficient (Wildman–Crippen LogP) is 4.81. The molecule has 0 heterocycles. The van der Waals surface area contributed by atoms with Gasteiger partial charge in [0, 0.05) is 18.2 Å². The first-order chi connectivity index (χ1) is 16.2. The van der Waals surface area contributed by atoms with Gasteiger partial charge in [0.2, 0.25) is 0 Å². The molecule has 0 saturated carbocycles. The largest absolute Gasteiger partial charge is 0.573 e. The second-order valence-electron chi connectivity index (χ2n) is 6.79. The smallest absolute Gasteiger partial charge is 0.495 e. The van der Waals surface area contributed by atoms with Crippen molar-refractivity contribution in [2.45, 2.75) is 12.9 Å². The Balaban J connectivity index is 1.71. The number of hydrogen-bond donors (Lipinski definition) is 3. The van der Waals surface area contributed by atoms with Gasteiger partial charge in [0.15, 0.2) is 0 Å². The highest BCUT2D eigenvalue weighted by molar-refractivity contribution is 5.95. The highest BCUT2D eigenvalue weighted by Gasteiger charge is 2.31. The van der Waals surface area contributed by atoms with Gasteiger partial charge in [-0.05, 0) is 30.3 Å². The maximum Gasteiger partial charge on any atom is 0.573 e. The van der Waals surface area contributed by atoms with Gasteiger partial charge in [-0.3, -0.25) is 4.79 Å². The molecule has 11 heteroatoms. The second kappa shape index (κ2) is 10.5. The van der Waals surface area contributed by atoms with E-state index in [1.54, 1.807) is 42.5 Å². The van der Waals surface area contributed by atoms with E-state index >= 15 is 0 Å². The first-order valence-electron chi connectivity index (χ1n) is 9.79. The third-order valence-corrected chi connectivity index (χ3v) is 4.44. The molecule has 4 N–H and O–H groups in total. The topological polar surface area (TPSA) is 112 Å². The number of para-hydroxylation sites is 2. The first-order valence-corrected chi connectivity index (χ1v) is 9.79. The molecule has 0 bridgehead atoms. The molecular formula is C23H20F3N3O5. The number of primary amides is 1. The lowest BCUT2D eigenvalue weighted by molar-refractivity contribution is -0.274. The van der Waals surface area contributed by atoms with Gasteiger partial charge in [0.1, 0.15) is 23.0 Å². The normalized spacial score (nSPS) is 10.8. The number of ether oxygens (including phenoxy) is 3. The Kier molecular flexibility index (Phi) is 7.46. The molecule has 0 spiro atoms. The zero-order chi connectivity index (χ0) is 24.7. The third-order valence-electron chi connectivity index (χ3n) is 4.44. The molecule has 0 aliphatic rings. The van der Waals surface area contributed by atoms with Crippen LogP contribution >= 0.6 is 0 Å². The SMILES string of the molecule is COc1ccc(OC(F)(F)F)cc1NC(=O)NCc1ccccc1Oc1ccccc1C(N)=O. The van der Waals surface area contributed by atoms with Crippen molar-refractivity contribution >= 4 is 17.6 Å². The van der Waals surface area contributed by atoms with Crippen LogP contribution in [0.2, 0.25) is 0 Å². The number of methoxy groups -OCH3 is 1. The predicted molar refractivity (Wildman–Crippen MR) is 117 cm³/mol. The third kappa shape index (κ3) is 6.55. The number of anilines is 1. The summed E-state index contributed by atoms with van der Waals surface area (Å²) in [7, 11) is 1.31. The van der Waals surface area contributed by atoms with Gasteiger partial charge in [-0.1, -0.05) is 30.3 Å². The van der Waals surface area contributed by atoms with E-state index in [1.807, 2.05) is 0 Å². The number of alkyl halides is 3. The van der Waals surface area contributed by atoms with Gasteiger partial charge in [-0.25, -0.2) is 4.79 Å². The number of halogens is 3. The van der Waals surface area contributed by atoms with Gasteiger partial charge in [0.25, 0.3) is 5.91 Å². The summed E-state index contributed by atoms with van der Waals surface area (Å²) in [5.41, 5.74) is 6.11. The summed E-state index contributed by atoms with van der Waals surface area (Å²) in [6.07, 6.45) is -4.88. The molecule has 0 aromatic heterocycles. The van der Waals surface area contributed by atoms with Gasteiger partial charge in [-0.2, -0.15) is 0 Å². The molecule has 3 aromatic carbocycles. The van der Waals surface area contributed by atoms with Crippen LogP contribution in [0.4, 0.5) is 23.7 Å². The van der Waals surface area contributed by atoms with E-state index in [2.05, 4.69) is 15.4 Å². The van der Waals surface area contributed by atoms with E-state index in [1.165, 1.54) is 19.2 Å². The van der Waals surface area contributed by atoms with E-state index in [9.17, 15) is 22.8 Å². The van der Waals surface area contributed by atoms with Crippen LogP contribution in [0.3, 0.4) is 0 Å². The van der Waals surface area contributed by atoms with Crippen LogP contribution in [0.15, 0.2) is 66.7 Å². The van der Waals surface area contributed by atoms with E-state index in [-0.39, 0.29) is 29.3 Å². The van der Waals surface area contributed by atoms with Crippen molar-refractivity contribution in [2.75, 3.05) is 12.4 Å². The Hall–Kier alpha value is -4.41. The van der Waals surface area contributed by atoms with Crippen LogP contribution < -0.4 is 30.6 Å². The van der Waals surface area contributed by atoms with Crippen LogP contribution in [0.5, 0.6) is 23.0 Å². The van der Waals surface area contributed by atoms with Gasteiger partial charge in [0.05, 0.1) is 18.4 Å². The lowest BCUT2D eigenvalue weighted by atomic mass is 10.1. The van der Waals surface area contributed by atoms with Crippen LogP contribution in [-0.2, 0) is 6.54 Å². The summed E-state index contributed by atoms with van der Waals surface area (Å²) in [4.78, 5) is 24.1. The van der Waals surface area contributed by atoms with Crippen LogP contribution in [0.25, 0.3) is 0 Å². The van der Waals surface area contributed by atoms with Gasteiger partial charge in [-0.15, -0.1) is 13.2 Å². The maximum atomic E-state index is 12.5. The standard InChI is InChI=1S/C23H20F3N3O5/c1-32-20-11-10-15(34-23(24,25)26)12-17(20)29-22(31)28-13-14-6-2-4-8-18(14)33-19-9-5-3-7-16(19)21(27)30/h2-12H,13H2,1H3,(H2,27,30)(H2,28,29,31). The zero-order valence-corrected chi connectivity index (χ0v) is 17.8. The van der Waals surface area contributed by atoms with Crippen LogP contribution in [0, 0.1) is 0 Å². The summed E-state index contributed by atoms with van der Waals surface area (Å²) in [6, 6.07) is 15.8. The van der Waals surface area contributed by atoms with E-state index in [4.69, 9.17) is 15.2 Å². The molecule has 8 nitrogen and oxygen atoms in total. The summed E-state index contributed by atoms with van der Waals surface area (Å²) in [5, 5.41) is 5.02. The fourth-order valence-electron chi connectivity index (χ4n) is 2.95. The Bertz CT molecular complexity index is 1180. The van der Waals surface area contributed by atoms with Crippen molar-refractivity contribution in [3.8, 4) is 23.0 Å². The first kappa shape index (κ1) is 24.2. The lowest BCUT2D eigenvalue weighted by Crippen LogP contribution is -2.28. The number of urea groups is 1. The van der Waals surface area contributed by atoms with Crippen molar-refractivity contribution in [1.29, 1.82) is 0 Å². The van der Waals surface area contributed by atoms with E-state index < -0.39 is 24.1 Å². The molecule has 3 rings (SSSR count). The van der Waals surface area contributed by atoms with Gasteiger partial charge < -0.3 is 30.6 Å². The molecule has 34 heavy (non-hydrogen) atoms. The van der Waals surface area contributed by atoms with Crippen LogP contribution in [0.1, 0.15) is 15.9 Å². The Morgan fingerprint density at radius 3 is 2.29 bits per heavy atom. The molecular weight excluding hydrogens is 455 g/mol. The number of hydrogen-bond acceptors (Lipinski definition) is 5. The molecule has 0 aliphatic heterocycles. The Labute approximate surface area is 192 Å². The quantitative estimate of drug-likeness (QED) is 0.433. The fourth-order valence-corrected chi connectivity index (χ4v) is 2.95. The van der Waals surface area contributed by atoms with Crippen molar-refractivity contribution in [3.63, 3.8) is 0 Å². The second-order valence-corrected chi connectivity index (χ2v) is 6.79. The molecule has 0 unspecified atom stereocenters. The lowest BCUT2D eigenvalue weighted by Gasteiger charge is -2.15. The Morgan fingerprint density at radius 2 is 1.62 bits per heavy atom. The number of benzene rings is 3. The minimum Gasteiger partial charge on any atom is -0.495 e. The summed E-state index contributed by atoms with van der Waals surface area (Å²) >= 11 is 0. The number of rotatable bonds is 8. The van der Waals surface area contributed by atoms with E-state index in [0.717, 1.165) is 12.1 Å². The molecule has 178 valence electrons.